The molecular formula is C15H17NO2. The fourth-order valence-electron chi connectivity index (χ4n) is 1.80. The van der Waals surface area contributed by atoms with Crippen LogP contribution in [-0.2, 0) is 0 Å². The van der Waals surface area contributed by atoms with Crippen LogP contribution in [0.1, 0.15) is 32.3 Å². The van der Waals surface area contributed by atoms with Crippen molar-refractivity contribution in [3.8, 4) is 0 Å². The van der Waals surface area contributed by atoms with E-state index in [0.717, 1.165) is 30.5 Å². The second-order valence-electron chi connectivity index (χ2n) is 4.31. The summed E-state index contributed by atoms with van der Waals surface area (Å²) in [4.78, 5) is 16.3. The molecule has 3 heteroatoms. The number of hydrogen-bond donors (Lipinski definition) is 0. The summed E-state index contributed by atoms with van der Waals surface area (Å²) >= 11 is 0. The molecule has 0 fully saturated rings. The maximum Gasteiger partial charge on any atom is 0.345 e. The van der Waals surface area contributed by atoms with E-state index in [2.05, 4.69) is 11.9 Å². The zero-order chi connectivity index (χ0) is 13.0. The molecule has 0 saturated carbocycles. The highest BCUT2D eigenvalue weighted by atomic mass is 16.4. The van der Waals surface area contributed by atoms with Crippen molar-refractivity contribution in [1.29, 1.82) is 0 Å². The van der Waals surface area contributed by atoms with Gasteiger partial charge in [-0.05, 0) is 25.5 Å². The van der Waals surface area contributed by atoms with Crippen LogP contribution < -0.4 is 5.63 Å². The van der Waals surface area contributed by atoms with E-state index in [0.29, 0.717) is 11.1 Å². The molecule has 0 bridgehead atoms. The van der Waals surface area contributed by atoms with Gasteiger partial charge < -0.3 is 4.42 Å². The Bertz CT molecular complexity index is 626. The first-order chi connectivity index (χ1) is 8.72. The van der Waals surface area contributed by atoms with Gasteiger partial charge >= 0.3 is 5.63 Å². The molecular weight excluding hydrogens is 226 g/mol. The maximum atomic E-state index is 11.9. The summed E-state index contributed by atoms with van der Waals surface area (Å²) in [5.74, 6) is 0. The van der Waals surface area contributed by atoms with Gasteiger partial charge in [0.05, 0.1) is 5.56 Å². The van der Waals surface area contributed by atoms with Gasteiger partial charge in [-0.25, -0.2) is 4.79 Å². The molecule has 0 spiro atoms. The van der Waals surface area contributed by atoms with Crippen LogP contribution in [0.4, 0.5) is 0 Å². The van der Waals surface area contributed by atoms with Crippen molar-refractivity contribution in [1.82, 2.24) is 0 Å². The summed E-state index contributed by atoms with van der Waals surface area (Å²) in [7, 11) is 0. The monoisotopic (exact) mass is 243 g/mol. The summed E-state index contributed by atoms with van der Waals surface area (Å²) in [6, 6.07) is 9.36. The van der Waals surface area contributed by atoms with Gasteiger partial charge in [0.2, 0.25) is 0 Å². The highest BCUT2D eigenvalue weighted by Gasteiger charge is 2.07. The van der Waals surface area contributed by atoms with Crippen molar-refractivity contribution in [3.05, 3.63) is 46.3 Å². The standard InChI is InChI=1S/C15H17NO2/c1-3-4-9-16-11(2)13-10-12-7-5-6-8-14(12)18-15(13)17/h5-8,10H,3-4,9H2,1-2H3. The Balaban J connectivity index is 2.41. The third kappa shape index (κ3) is 2.67. The zero-order valence-corrected chi connectivity index (χ0v) is 10.8. The lowest BCUT2D eigenvalue weighted by molar-refractivity contribution is 0.559. The molecule has 0 N–H and O–H groups in total. The van der Waals surface area contributed by atoms with Gasteiger partial charge in [-0.3, -0.25) is 4.99 Å². The van der Waals surface area contributed by atoms with Crippen LogP contribution in [0.3, 0.4) is 0 Å². The molecule has 1 aromatic heterocycles. The fourth-order valence-corrected chi connectivity index (χ4v) is 1.80. The molecule has 0 unspecified atom stereocenters. The molecule has 1 heterocycles. The van der Waals surface area contributed by atoms with Gasteiger partial charge in [0.25, 0.3) is 0 Å². The van der Waals surface area contributed by atoms with Gasteiger partial charge in [0.1, 0.15) is 5.58 Å². The van der Waals surface area contributed by atoms with E-state index < -0.39 is 0 Å². The second-order valence-corrected chi connectivity index (χ2v) is 4.31. The smallest absolute Gasteiger partial charge is 0.345 e. The van der Waals surface area contributed by atoms with E-state index in [9.17, 15) is 4.79 Å². The minimum atomic E-state index is -0.313. The quantitative estimate of drug-likeness (QED) is 0.469. The normalized spacial score (nSPS) is 12.0. The number of nitrogens with zero attached hydrogens (tertiary/aromatic N) is 1. The van der Waals surface area contributed by atoms with E-state index in [1.807, 2.05) is 31.2 Å². The van der Waals surface area contributed by atoms with E-state index in [-0.39, 0.29) is 5.63 Å². The third-order valence-corrected chi connectivity index (χ3v) is 2.89. The number of para-hydroxylation sites is 1. The molecule has 0 saturated heterocycles. The van der Waals surface area contributed by atoms with Crippen LogP contribution in [-0.4, -0.2) is 12.3 Å². The Morgan fingerprint density at radius 1 is 1.33 bits per heavy atom. The van der Waals surface area contributed by atoms with Gasteiger partial charge in [-0.15, -0.1) is 0 Å². The Labute approximate surface area is 106 Å². The first-order valence-electron chi connectivity index (χ1n) is 6.26. The molecule has 0 aliphatic rings. The van der Waals surface area contributed by atoms with Crippen molar-refractivity contribution in [2.24, 2.45) is 4.99 Å². The summed E-state index contributed by atoms with van der Waals surface area (Å²) in [6.07, 6.45) is 2.14. The molecule has 0 atom stereocenters. The first kappa shape index (κ1) is 12.6. The molecule has 0 aliphatic carbocycles. The van der Waals surface area contributed by atoms with Crippen LogP contribution in [0.5, 0.6) is 0 Å². The fraction of sp³-hybridized carbons (Fsp3) is 0.333. The maximum absolute atomic E-state index is 11.9. The predicted molar refractivity (Wildman–Crippen MR) is 74.5 cm³/mol. The number of fused-ring (bicyclic) bond motifs is 1. The Hall–Kier alpha value is -1.90. The lowest BCUT2D eigenvalue weighted by Gasteiger charge is -2.02. The minimum Gasteiger partial charge on any atom is -0.422 e. The van der Waals surface area contributed by atoms with Crippen LogP contribution in [0.15, 0.2) is 44.5 Å². The molecule has 94 valence electrons. The Kier molecular flexibility index (Phi) is 3.92. The summed E-state index contributed by atoms with van der Waals surface area (Å²) in [5, 5.41) is 0.928. The first-order valence-corrected chi connectivity index (χ1v) is 6.26. The average molecular weight is 243 g/mol. The zero-order valence-electron chi connectivity index (χ0n) is 10.8. The summed E-state index contributed by atoms with van der Waals surface area (Å²) < 4.78 is 5.28. The predicted octanol–water partition coefficient (Wildman–Crippen LogP) is 3.40. The van der Waals surface area contributed by atoms with E-state index in [4.69, 9.17) is 4.42 Å². The van der Waals surface area contributed by atoms with Gasteiger partial charge in [-0.2, -0.15) is 0 Å². The highest BCUT2D eigenvalue weighted by Crippen LogP contribution is 2.13. The number of hydrogen-bond acceptors (Lipinski definition) is 3. The molecule has 2 aromatic rings. The van der Waals surface area contributed by atoms with E-state index in [1.54, 1.807) is 6.07 Å². The molecule has 0 amide bonds. The molecule has 0 radical (unpaired) electrons. The van der Waals surface area contributed by atoms with Gasteiger partial charge in [0, 0.05) is 17.6 Å². The van der Waals surface area contributed by atoms with Crippen LogP contribution in [0.2, 0.25) is 0 Å². The Morgan fingerprint density at radius 2 is 2.11 bits per heavy atom. The second kappa shape index (κ2) is 5.63. The largest absolute Gasteiger partial charge is 0.422 e. The van der Waals surface area contributed by atoms with Crippen molar-refractivity contribution >= 4 is 16.7 Å². The minimum absolute atomic E-state index is 0.313. The molecule has 18 heavy (non-hydrogen) atoms. The van der Waals surface area contributed by atoms with Gasteiger partial charge in [0.15, 0.2) is 0 Å². The number of unbranched alkanes of at least 4 members (excludes halogenated alkanes) is 1. The number of aliphatic imine (C=N–C) groups is 1. The SMILES string of the molecule is CCCCN=C(C)c1cc2ccccc2oc1=O. The highest BCUT2D eigenvalue weighted by molar-refractivity contribution is 6.00. The Morgan fingerprint density at radius 3 is 2.89 bits per heavy atom. The average Bonchev–Trinajstić information content (AvgIpc) is 2.38. The summed E-state index contributed by atoms with van der Waals surface area (Å²) in [6.45, 7) is 4.74. The van der Waals surface area contributed by atoms with Crippen LogP contribution in [0, 0.1) is 0 Å². The van der Waals surface area contributed by atoms with E-state index >= 15 is 0 Å². The number of benzene rings is 1. The van der Waals surface area contributed by atoms with Crippen molar-refractivity contribution in [2.75, 3.05) is 6.54 Å². The van der Waals surface area contributed by atoms with Crippen LogP contribution >= 0.6 is 0 Å². The topological polar surface area (TPSA) is 42.6 Å². The van der Waals surface area contributed by atoms with Crippen molar-refractivity contribution in [3.63, 3.8) is 0 Å². The third-order valence-electron chi connectivity index (χ3n) is 2.89. The molecule has 1 aromatic carbocycles. The molecule has 3 nitrogen and oxygen atoms in total. The number of rotatable bonds is 4. The lowest BCUT2D eigenvalue weighted by atomic mass is 10.1. The molecule has 2 rings (SSSR count). The summed E-state index contributed by atoms with van der Waals surface area (Å²) in [5.41, 5.74) is 1.62. The van der Waals surface area contributed by atoms with Crippen LogP contribution in [0.25, 0.3) is 11.0 Å². The van der Waals surface area contributed by atoms with Crippen molar-refractivity contribution in [2.45, 2.75) is 26.7 Å². The van der Waals surface area contributed by atoms with Gasteiger partial charge in [-0.1, -0.05) is 31.5 Å². The lowest BCUT2D eigenvalue weighted by Crippen LogP contribution is -2.12. The molecule has 0 aliphatic heterocycles. The van der Waals surface area contributed by atoms with Crippen molar-refractivity contribution < 1.29 is 4.42 Å². The van der Waals surface area contributed by atoms with E-state index in [1.165, 1.54) is 0 Å².